The number of rotatable bonds is 11. The summed E-state index contributed by atoms with van der Waals surface area (Å²) in [5.41, 5.74) is 2.19. The van der Waals surface area contributed by atoms with Crippen LogP contribution in [0.5, 0.6) is 17.2 Å². The number of hydrogen-bond donors (Lipinski definition) is 1. The Labute approximate surface area is 194 Å². The highest BCUT2D eigenvalue weighted by Crippen LogP contribution is 2.47. The van der Waals surface area contributed by atoms with Gasteiger partial charge in [0.15, 0.2) is 11.5 Å². The molecule has 1 N–H and O–H groups in total. The number of benzene rings is 2. The molecule has 0 radical (unpaired) electrons. The van der Waals surface area contributed by atoms with E-state index in [1.165, 1.54) is 7.11 Å². The standard InChI is InChI=1S/C26H32O7/c1-6-7-11-20(24(27)28)26(2,3)15-33-22-17(12-13-21(30-4)23(22)31-5)16-9-8-10-18-19(16)14-32-25(18)29/h8-10,12-13,20H,6-7,11,14-15H2,1-5H3,(H,27,28). The summed E-state index contributed by atoms with van der Waals surface area (Å²) in [4.78, 5) is 24.1. The van der Waals surface area contributed by atoms with Crippen molar-refractivity contribution in [3.63, 3.8) is 0 Å². The van der Waals surface area contributed by atoms with Gasteiger partial charge in [-0.05, 0) is 30.2 Å². The van der Waals surface area contributed by atoms with E-state index < -0.39 is 17.3 Å². The van der Waals surface area contributed by atoms with Gasteiger partial charge < -0.3 is 24.1 Å². The van der Waals surface area contributed by atoms with Crippen LogP contribution >= 0.6 is 0 Å². The summed E-state index contributed by atoms with van der Waals surface area (Å²) >= 11 is 0. The van der Waals surface area contributed by atoms with Crippen LogP contribution in [0.4, 0.5) is 0 Å². The molecule has 3 rings (SSSR count). The summed E-state index contributed by atoms with van der Waals surface area (Å²) in [6, 6.07) is 9.08. The van der Waals surface area contributed by atoms with Crippen molar-refractivity contribution in [3.8, 4) is 28.4 Å². The Morgan fingerprint density at radius 2 is 1.82 bits per heavy atom. The van der Waals surface area contributed by atoms with Crippen LogP contribution in [-0.4, -0.2) is 37.9 Å². The number of unbranched alkanes of at least 4 members (excludes halogenated alkanes) is 1. The van der Waals surface area contributed by atoms with Gasteiger partial charge in [-0.25, -0.2) is 4.79 Å². The number of carboxylic acid groups (broad SMARTS) is 1. The molecule has 1 aliphatic heterocycles. The van der Waals surface area contributed by atoms with Gasteiger partial charge in [-0.3, -0.25) is 4.79 Å². The minimum Gasteiger partial charge on any atom is -0.493 e. The third kappa shape index (κ3) is 4.92. The van der Waals surface area contributed by atoms with Gasteiger partial charge in [-0.15, -0.1) is 0 Å². The molecule has 178 valence electrons. The lowest BCUT2D eigenvalue weighted by Crippen LogP contribution is -2.36. The van der Waals surface area contributed by atoms with Crippen molar-refractivity contribution in [2.75, 3.05) is 20.8 Å². The summed E-state index contributed by atoms with van der Waals surface area (Å²) in [5.74, 6) is -0.381. The van der Waals surface area contributed by atoms with E-state index >= 15 is 0 Å². The van der Waals surface area contributed by atoms with Crippen molar-refractivity contribution in [1.29, 1.82) is 0 Å². The number of fused-ring (bicyclic) bond motifs is 1. The average molecular weight is 457 g/mol. The number of carbonyl (C=O) groups is 2. The van der Waals surface area contributed by atoms with Crippen molar-refractivity contribution >= 4 is 11.9 Å². The van der Waals surface area contributed by atoms with Crippen LogP contribution in [0.2, 0.25) is 0 Å². The van der Waals surface area contributed by atoms with Crippen LogP contribution < -0.4 is 14.2 Å². The Hall–Kier alpha value is -3.22. The van der Waals surface area contributed by atoms with E-state index in [1.807, 2.05) is 32.9 Å². The first-order valence-electron chi connectivity index (χ1n) is 11.1. The maximum atomic E-state index is 12.1. The third-order valence-electron chi connectivity index (χ3n) is 6.21. The summed E-state index contributed by atoms with van der Waals surface area (Å²) in [5, 5.41) is 9.83. The molecule has 1 heterocycles. The van der Waals surface area contributed by atoms with Crippen LogP contribution in [0.1, 0.15) is 56.0 Å². The second-order valence-electron chi connectivity index (χ2n) is 8.90. The first-order valence-corrected chi connectivity index (χ1v) is 11.1. The topological polar surface area (TPSA) is 91.3 Å². The third-order valence-corrected chi connectivity index (χ3v) is 6.21. The number of carboxylic acids is 1. The minimum atomic E-state index is -0.827. The molecule has 1 atom stereocenters. The summed E-state index contributed by atoms with van der Waals surface area (Å²) < 4.78 is 22.7. The monoisotopic (exact) mass is 456 g/mol. The quantitative estimate of drug-likeness (QED) is 0.457. The maximum absolute atomic E-state index is 12.1. The Morgan fingerprint density at radius 3 is 2.45 bits per heavy atom. The fourth-order valence-corrected chi connectivity index (χ4v) is 4.27. The number of cyclic esters (lactones) is 1. The zero-order valence-electron chi connectivity index (χ0n) is 19.9. The van der Waals surface area contributed by atoms with Gasteiger partial charge in [0.05, 0.1) is 32.3 Å². The van der Waals surface area contributed by atoms with Crippen LogP contribution in [0.25, 0.3) is 11.1 Å². The van der Waals surface area contributed by atoms with Gasteiger partial charge >= 0.3 is 11.9 Å². The van der Waals surface area contributed by atoms with Crippen molar-refractivity contribution in [3.05, 3.63) is 41.5 Å². The van der Waals surface area contributed by atoms with Gasteiger partial charge in [0.25, 0.3) is 0 Å². The SMILES string of the molecule is CCCCC(C(=O)O)C(C)(C)COc1c(-c2cccc3c2COC3=O)ccc(OC)c1OC. The second-order valence-corrected chi connectivity index (χ2v) is 8.90. The molecule has 0 spiro atoms. The van der Waals surface area contributed by atoms with Crippen molar-refractivity contribution in [2.24, 2.45) is 11.3 Å². The zero-order valence-corrected chi connectivity index (χ0v) is 19.9. The van der Waals surface area contributed by atoms with E-state index in [4.69, 9.17) is 18.9 Å². The first kappa shape index (κ1) is 24.4. The lowest BCUT2D eigenvalue weighted by atomic mass is 9.76. The number of methoxy groups -OCH3 is 2. The fourth-order valence-electron chi connectivity index (χ4n) is 4.27. The van der Waals surface area contributed by atoms with Crippen molar-refractivity contribution in [1.82, 2.24) is 0 Å². The molecule has 33 heavy (non-hydrogen) atoms. The second kappa shape index (κ2) is 10.1. The molecule has 0 amide bonds. The van der Waals surface area contributed by atoms with Crippen LogP contribution in [0.15, 0.2) is 30.3 Å². The molecule has 0 aromatic heterocycles. The number of carbonyl (C=O) groups excluding carboxylic acids is 1. The lowest BCUT2D eigenvalue weighted by molar-refractivity contribution is -0.147. The van der Waals surface area contributed by atoms with E-state index in [1.54, 1.807) is 25.3 Å². The number of aliphatic carboxylic acids is 1. The first-order chi connectivity index (χ1) is 15.7. The molecule has 2 aromatic rings. The highest BCUT2D eigenvalue weighted by molar-refractivity contribution is 5.96. The Balaban J connectivity index is 2.04. The molecule has 0 bridgehead atoms. The largest absolute Gasteiger partial charge is 0.493 e. The zero-order chi connectivity index (χ0) is 24.2. The molecule has 1 aliphatic rings. The van der Waals surface area contributed by atoms with Crippen molar-refractivity contribution < 1.29 is 33.6 Å². The Kier molecular flexibility index (Phi) is 7.51. The molecule has 0 saturated heterocycles. The fraction of sp³-hybridized carbons (Fsp3) is 0.462. The van der Waals surface area contributed by atoms with Gasteiger partial charge in [-0.1, -0.05) is 45.7 Å². The molecular formula is C26H32O7. The maximum Gasteiger partial charge on any atom is 0.338 e. The van der Waals surface area contributed by atoms with Gasteiger partial charge in [0.2, 0.25) is 5.75 Å². The number of esters is 1. The molecule has 0 saturated carbocycles. The average Bonchev–Trinajstić information content (AvgIpc) is 3.17. The van der Waals surface area contributed by atoms with E-state index in [-0.39, 0.29) is 19.2 Å². The molecule has 0 fully saturated rings. The summed E-state index contributed by atoms with van der Waals surface area (Å²) in [6.07, 6.45) is 2.34. The predicted molar refractivity (Wildman–Crippen MR) is 124 cm³/mol. The number of ether oxygens (including phenoxy) is 4. The highest BCUT2D eigenvalue weighted by atomic mass is 16.5. The van der Waals surface area contributed by atoms with Gasteiger partial charge in [0, 0.05) is 16.5 Å². The smallest absolute Gasteiger partial charge is 0.338 e. The van der Waals surface area contributed by atoms with E-state index in [0.717, 1.165) is 29.5 Å². The molecule has 7 heteroatoms. The molecular weight excluding hydrogens is 424 g/mol. The lowest BCUT2D eigenvalue weighted by Gasteiger charge is -2.32. The highest BCUT2D eigenvalue weighted by Gasteiger charge is 2.36. The molecule has 1 unspecified atom stereocenters. The molecule has 7 nitrogen and oxygen atoms in total. The predicted octanol–water partition coefficient (Wildman–Crippen LogP) is 5.34. The summed E-state index contributed by atoms with van der Waals surface area (Å²) in [6.45, 7) is 6.19. The Morgan fingerprint density at radius 1 is 1.09 bits per heavy atom. The van der Waals surface area contributed by atoms with E-state index in [2.05, 4.69) is 0 Å². The van der Waals surface area contributed by atoms with Gasteiger partial charge in [-0.2, -0.15) is 0 Å². The van der Waals surface area contributed by atoms with Crippen molar-refractivity contribution in [2.45, 2.75) is 46.6 Å². The summed E-state index contributed by atoms with van der Waals surface area (Å²) in [7, 11) is 3.08. The van der Waals surface area contributed by atoms with Gasteiger partial charge in [0.1, 0.15) is 6.61 Å². The van der Waals surface area contributed by atoms with Crippen LogP contribution in [-0.2, 0) is 16.1 Å². The number of hydrogen-bond acceptors (Lipinski definition) is 6. The molecule has 0 aliphatic carbocycles. The van der Waals surface area contributed by atoms with E-state index in [9.17, 15) is 14.7 Å². The minimum absolute atomic E-state index is 0.161. The normalized spacial score (nSPS) is 13.8. The van der Waals surface area contributed by atoms with Crippen LogP contribution in [0.3, 0.4) is 0 Å². The molecule has 2 aromatic carbocycles. The Bertz CT molecular complexity index is 1030. The van der Waals surface area contributed by atoms with E-state index in [0.29, 0.717) is 29.2 Å². The van der Waals surface area contributed by atoms with Crippen LogP contribution in [0, 0.1) is 11.3 Å².